The number of benzene rings is 1. The largest absolute Gasteiger partial charge is 0.354 e. The first kappa shape index (κ1) is 14.8. The molecule has 1 N–H and O–H groups in total. The summed E-state index contributed by atoms with van der Waals surface area (Å²) < 4.78 is 0. The zero-order valence-electron chi connectivity index (χ0n) is 11.9. The zero-order chi connectivity index (χ0) is 14.4. The van der Waals surface area contributed by atoms with Gasteiger partial charge in [0.25, 0.3) is 0 Å². The summed E-state index contributed by atoms with van der Waals surface area (Å²) in [6.07, 6.45) is 1.88. The summed E-state index contributed by atoms with van der Waals surface area (Å²) in [4.78, 5) is 6.55. The third-order valence-corrected chi connectivity index (χ3v) is 3.36. The molecule has 2 aromatic rings. The van der Waals surface area contributed by atoms with E-state index in [1.807, 2.05) is 37.5 Å². The van der Waals surface area contributed by atoms with Gasteiger partial charge in [0.1, 0.15) is 5.82 Å². The molecule has 4 heteroatoms. The molecule has 0 unspecified atom stereocenters. The highest BCUT2D eigenvalue weighted by atomic mass is 35.5. The minimum absolute atomic E-state index is 0.693. The summed E-state index contributed by atoms with van der Waals surface area (Å²) >= 11 is 6.34. The van der Waals surface area contributed by atoms with Crippen LogP contribution < -0.4 is 10.2 Å². The number of nitrogens with zero attached hydrogens (tertiary/aromatic N) is 2. The SMILES string of the molecule is CCNCc1cnc(N(C)Cc2ccccc2)c(Cl)c1. The van der Waals surface area contributed by atoms with Crippen molar-refractivity contribution < 1.29 is 0 Å². The Hall–Kier alpha value is -1.58. The van der Waals surface area contributed by atoms with Gasteiger partial charge in [0.05, 0.1) is 5.02 Å². The molecule has 0 aliphatic carbocycles. The number of hydrogen-bond acceptors (Lipinski definition) is 3. The molecular weight excluding hydrogens is 270 g/mol. The van der Waals surface area contributed by atoms with Crippen LogP contribution in [0.15, 0.2) is 42.6 Å². The van der Waals surface area contributed by atoms with Gasteiger partial charge in [-0.25, -0.2) is 4.98 Å². The molecule has 0 amide bonds. The van der Waals surface area contributed by atoms with Crippen LogP contribution in [0.25, 0.3) is 0 Å². The normalized spacial score (nSPS) is 10.6. The Balaban J connectivity index is 2.08. The van der Waals surface area contributed by atoms with Crippen molar-refractivity contribution in [3.05, 3.63) is 58.7 Å². The molecule has 3 nitrogen and oxygen atoms in total. The van der Waals surface area contributed by atoms with E-state index >= 15 is 0 Å². The average molecular weight is 290 g/mol. The molecule has 0 bridgehead atoms. The standard InChI is InChI=1S/C16H20ClN3/c1-3-18-10-14-9-15(17)16(19-11-14)20(2)12-13-7-5-4-6-8-13/h4-9,11,18H,3,10,12H2,1-2H3. The van der Waals surface area contributed by atoms with E-state index in [1.54, 1.807) is 0 Å². The quantitative estimate of drug-likeness (QED) is 0.882. The molecule has 1 heterocycles. The van der Waals surface area contributed by atoms with Gasteiger partial charge in [0.2, 0.25) is 0 Å². The Kier molecular flexibility index (Phi) is 5.39. The Morgan fingerprint density at radius 1 is 1.20 bits per heavy atom. The van der Waals surface area contributed by atoms with Crippen molar-refractivity contribution in [3.63, 3.8) is 0 Å². The molecule has 0 aliphatic rings. The summed E-state index contributed by atoms with van der Waals surface area (Å²) in [7, 11) is 2.01. The maximum atomic E-state index is 6.34. The van der Waals surface area contributed by atoms with Gasteiger partial charge in [-0.15, -0.1) is 0 Å². The van der Waals surface area contributed by atoms with Crippen molar-refractivity contribution in [2.75, 3.05) is 18.5 Å². The van der Waals surface area contributed by atoms with Gasteiger partial charge in [-0.1, -0.05) is 48.9 Å². The second-order valence-corrected chi connectivity index (χ2v) is 5.18. The van der Waals surface area contributed by atoms with Crippen molar-refractivity contribution in [2.24, 2.45) is 0 Å². The summed E-state index contributed by atoms with van der Waals surface area (Å²) in [6.45, 7) is 4.61. The second kappa shape index (κ2) is 7.27. The topological polar surface area (TPSA) is 28.2 Å². The number of halogens is 1. The highest BCUT2D eigenvalue weighted by Gasteiger charge is 2.09. The minimum Gasteiger partial charge on any atom is -0.354 e. The third-order valence-electron chi connectivity index (χ3n) is 3.08. The summed E-state index contributed by atoms with van der Waals surface area (Å²) in [5.41, 5.74) is 2.35. The molecule has 0 atom stereocenters. The van der Waals surface area contributed by atoms with Crippen molar-refractivity contribution in [2.45, 2.75) is 20.0 Å². The maximum Gasteiger partial charge on any atom is 0.147 e. The molecule has 0 saturated carbocycles. The van der Waals surface area contributed by atoms with E-state index in [0.29, 0.717) is 5.02 Å². The lowest BCUT2D eigenvalue weighted by Crippen LogP contribution is -2.18. The monoisotopic (exact) mass is 289 g/mol. The molecule has 20 heavy (non-hydrogen) atoms. The second-order valence-electron chi connectivity index (χ2n) is 4.77. The lowest BCUT2D eigenvalue weighted by molar-refractivity contribution is 0.724. The lowest BCUT2D eigenvalue weighted by atomic mass is 10.2. The molecule has 0 spiro atoms. The fraction of sp³-hybridized carbons (Fsp3) is 0.312. The van der Waals surface area contributed by atoms with Crippen LogP contribution in [0.1, 0.15) is 18.1 Å². The number of pyridine rings is 1. The average Bonchev–Trinajstić information content (AvgIpc) is 2.46. The van der Waals surface area contributed by atoms with E-state index in [9.17, 15) is 0 Å². The van der Waals surface area contributed by atoms with Crippen LogP contribution in [-0.2, 0) is 13.1 Å². The Bertz CT molecular complexity index is 543. The molecule has 0 aliphatic heterocycles. The van der Waals surface area contributed by atoms with Gasteiger partial charge in [-0.3, -0.25) is 0 Å². The minimum atomic E-state index is 0.693. The first-order valence-corrected chi connectivity index (χ1v) is 7.18. The maximum absolute atomic E-state index is 6.34. The van der Waals surface area contributed by atoms with Gasteiger partial charge in [0, 0.05) is 26.3 Å². The molecule has 0 radical (unpaired) electrons. The Morgan fingerprint density at radius 3 is 2.60 bits per heavy atom. The fourth-order valence-corrected chi connectivity index (χ4v) is 2.38. The van der Waals surface area contributed by atoms with Crippen molar-refractivity contribution in [1.82, 2.24) is 10.3 Å². The first-order valence-electron chi connectivity index (χ1n) is 6.81. The molecule has 1 aromatic heterocycles. The van der Waals surface area contributed by atoms with E-state index in [4.69, 9.17) is 11.6 Å². The van der Waals surface area contributed by atoms with Gasteiger partial charge < -0.3 is 10.2 Å². The highest BCUT2D eigenvalue weighted by Crippen LogP contribution is 2.24. The van der Waals surface area contributed by atoms with Crippen LogP contribution in [-0.4, -0.2) is 18.6 Å². The summed E-state index contributed by atoms with van der Waals surface area (Å²) in [6, 6.07) is 12.3. The van der Waals surface area contributed by atoms with Crippen molar-refractivity contribution in [3.8, 4) is 0 Å². The number of hydrogen-bond donors (Lipinski definition) is 1. The predicted molar refractivity (Wildman–Crippen MR) is 85.2 cm³/mol. The van der Waals surface area contributed by atoms with Crippen LogP contribution in [0.3, 0.4) is 0 Å². The number of rotatable bonds is 6. The fourth-order valence-electron chi connectivity index (χ4n) is 2.05. The van der Waals surface area contributed by atoms with Crippen LogP contribution in [0.4, 0.5) is 5.82 Å². The van der Waals surface area contributed by atoms with E-state index in [2.05, 4.69) is 34.3 Å². The van der Waals surface area contributed by atoms with Gasteiger partial charge in [0.15, 0.2) is 0 Å². The number of nitrogens with one attached hydrogen (secondary N) is 1. The molecule has 1 aromatic carbocycles. The Labute approximate surface area is 125 Å². The molecule has 106 valence electrons. The summed E-state index contributed by atoms with van der Waals surface area (Å²) in [5, 5.41) is 3.96. The molecular formula is C16H20ClN3. The van der Waals surface area contributed by atoms with E-state index in [-0.39, 0.29) is 0 Å². The third kappa shape index (κ3) is 3.95. The first-order chi connectivity index (χ1) is 9.70. The lowest BCUT2D eigenvalue weighted by Gasteiger charge is -2.20. The van der Waals surface area contributed by atoms with Crippen LogP contribution in [0.5, 0.6) is 0 Å². The Morgan fingerprint density at radius 2 is 1.95 bits per heavy atom. The summed E-state index contributed by atoms with van der Waals surface area (Å²) in [5.74, 6) is 0.816. The van der Waals surface area contributed by atoms with Gasteiger partial charge in [-0.05, 0) is 23.7 Å². The molecule has 0 saturated heterocycles. The van der Waals surface area contributed by atoms with Crippen molar-refractivity contribution >= 4 is 17.4 Å². The van der Waals surface area contributed by atoms with Crippen LogP contribution in [0, 0.1) is 0 Å². The van der Waals surface area contributed by atoms with Gasteiger partial charge >= 0.3 is 0 Å². The van der Waals surface area contributed by atoms with Crippen LogP contribution in [0.2, 0.25) is 5.02 Å². The van der Waals surface area contributed by atoms with E-state index in [1.165, 1.54) is 5.56 Å². The highest BCUT2D eigenvalue weighted by molar-refractivity contribution is 6.33. The molecule has 2 rings (SSSR count). The van der Waals surface area contributed by atoms with Crippen LogP contribution >= 0.6 is 11.6 Å². The van der Waals surface area contributed by atoms with E-state index < -0.39 is 0 Å². The number of anilines is 1. The molecule has 0 fully saturated rings. The van der Waals surface area contributed by atoms with Gasteiger partial charge in [-0.2, -0.15) is 0 Å². The van der Waals surface area contributed by atoms with E-state index in [0.717, 1.165) is 31.0 Å². The zero-order valence-corrected chi connectivity index (χ0v) is 12.7. The smallest absolute Gasteiger partial charge is 0.147 e. The number of aromatic nitrogens is 1. The van der Waals surface area contributed by atoms with Crippen molar-refractivity contribution in [1.29, 1.82) is 0 Å². The predicted octanol–water partition coefficient (Wildman–Crippen LogP) is 3.48.